The number of nitrogens with one attached hydrogen (secondary N) is 2. The maximum atomic E-state index is 12.5. The summed E-state index contributed by atoms with van der Waals surface area (Å²) in [5.41, 5.74) is 6.13. The van der Waals surface area contributed by atoms with Crippen LogP contribution in [0.15, 0.2) is 36.7 Å². The van der Waals surface area contributed by atoms with E-state index < -0.39 is 17.4 Å². The quantitative estimate of drug-likeness (QED) is 0.689. The number of nitrogens with two attached hydrogens (primary N) is 1. The fourth-order valence-electron chi connectivity index (χ4n) is 2.23. The number of hydrogen-bond donors (Lipinski definition) is 3. The highest BCUT2D eigenvalue weighted by atomic mass is 35.5. The van der Waals surface area contributed by atoms with Crippen molar-refractivity contribution in [2.75, 3.05) is 11.9 Å². The molecule has 0 saturated heterocycles. The molecule has 0 spiro atoms. The number of rotatable bonds is 7. The lowest BCUT2D eigenvalue weighted by atomic mass is 9.94. The second-order valence-electron chi connectivity index (χ2n) is 5.97. The van der Waals surface area contributed by atoms with E-state index in [1.54, 1.807) is 24.3 Å². The summed E-state index contributed by atoms with van der Waals surface area (Å²) in [6.45, 7) is 4.21. The van der Waals surface area contributed by atoms with E-state index in [2.05, 4.69) is 20.6 Å². The monoisotopic (exact) mass is 375 g/mol. The van der Waals surface area contributed by atoms with Crippen molar-refractivity contribution < 1.29 is 9.59 Å². The molecular formula is C18H22ClN5O2. The van der Waals surface area contributed by atoms with Gasteiger partial charge >= 0.3 is 0 Å². The van der Waals surface area contributed by atoms with Crippen LogP contribution in [0.2, 0.25) is 5.02 Å². The van der Waals surface area contributed by atoms with E-state index in [-0.39, 0.29) is 17.9 Å². The molecule has 1 aromatic carbocycles. The highest BCUT2D eigenvalue weighted by Crippen LogP contribution is 2.15. The SMILES string of the molecule is CCC(N)(CC)CNC(=O)c1nccnc1C(=O)Nc1ccc(Cl)cc1. The van der Waals surface area contributed by atoms with Gasteiger partial charge in [0.25, 0.3) is 11.8 Å². The maximum Gasteiger partial charge on any atom is 0.276 e. The van der Waals surface area contributed by atoms with Gasteiger partial charge in [0, 0.05) is 35.2 Å². The Kier molecular flexibility index (Phi) is 6.65. The molecule has 0 aliphatic carbocycles. The van der Waals surface area contributed by atoms with E-state index in [9.17, 15) is 9.59 Å². The zero-order chi connectivity index (χ0) is 19.2. The second-order valence-corrected chi connectivity index (χ2v) is 6.40. The number of hydrogen-bond acceptors (Lipinski definition) is 5. The van der Waals surface area contributed by atoms with Crippen molar-refractivity contribution in [2.24, 2.45) is 5.73 Å². The molecule has 26 heavy (non-hydrogen) atoms. The largest absolute Gasteiger partial charge is 0.349 e. The first kappa shape index (κ1) is 19.8. The Bertz CT molecular complexity index is 775. The Morgan fingerprint density at radius 3 is 2.12 bits per heavy atom. The van der Waals surface area contributed by atoms with Crippen LogP contribution in [-0.2, 0) is 0 Å². The van der Waals surface area contributed by atoms with Gasteiger partial charge in [-0.2, -0.15) is 0 Å². The minimum Gasteiger partial charge on any atom is -0.349 e. The Morgan fingerprint density at radius 1 is 1.04 bits per heavy atom. The topological polar surface area (TPSA) is 110 Å². The number of aromatic nitrogens is 2. The molecule has 0 bridgehead atoms. The number of carbonyl (C=O) groups is 2. The van der Waals surface area contributed by atoms with Crippen LogP contribution in [0.1, 0.15) is 47.7 Å². The molecular weight excluding hydrogens is 354 g/mol. The van der Waals surface area contributed by atoms with Crippen LogP contribution in [0, 0.1) is 0 Å². The smallest absolute Gasteiger partial charge is 0.276 e. The predicted octanol–water partition coefficient (Wildman–Crippen LogP) is 2.63. The number of halogens is 1. The Hall–Kier alpha value is -2.51. The molecule has 1 heterocycles. The molecule has 1 aromatic heterocycles. The molecule has 2 amide bonds. The summed E-state index contributed by atoms with van der Waals surface area (Å²) in [6.07, 6.45) is 4.16. The molecule has 2 rings (SSSR count). The first-order valence-corrected chi connectivity index (χ1v) is 8.71. The normalized spacial score (nSPS) is 11.1. The second kappa shape index (κ2) is 8.73. The van der Waals surface area contributed by atoms with Crippen LogP contribution < -0.4 is 16.4 Å². The van der Waals surface area contributed by atoms with E-state index >= 15 is 0 Å². The summed E-state index contributed by atoms with van der Waals surface area (Å²) in [7, 11) is 0. The average molecular weight is 376 g/mol. The first-order valence-electron chi connectivity index (χ1n) is 8.33. The molecule has 4 N–H and O–H groups in total. The Labute approximate surface area is 157 Å². The number of carbonyl (C=O) groups excluding carboxylic acids is 2. The lowest BCUT2D eigenvalue weighted by molar-refractivity contribution is 0.0923. The van der Waals surface area contributed by atoms with Crippen molar-refractivity contribution in [3.05, 3.63) is 53.1 Å². The van der Waals surface area contributed by atoms with E-state index in [4.69, 9.17) is 17.3 Å². The highest BCUT2D eigenvalue weighted by molar-refractivity contribution is 6.30. The van der Waals surface area contributed by atoms with Gasteiger partial charge in [-0.15, -0.1) is 0 Å². The molecule has 0 radical (unpaired) electrons. The van der Waals surface area contributed by atoms with Crippen LogP contribution in [0.25, 0.3) is 0 Å². The van der Waals surface area contributed by atoms with Gasteiger partial charge in [0.15, 0.2) is 11.4 Å². The van der Waals surface area contributed by atoms with Crippen molar-refractivity contribution in [3.63, 3.8) is 0 Å². The number of nitrogens with zero attached hydrogens (tertiary/aromatic N) is 2. The fourth-order valence-corrected chi connectivity index (χ4v) is 2.36. The minimum absolute atomic E-state index is 0.0477. The standard InChI is InChI=1S/C18H22ClN5O2/c1-3-18(20,4-2)11-23-16(25)14-15(22-10-9-21-14)17(26)24-13-7-5-12(19)6-8-13/h5-10H,3-4,11,20H2,1-2H3,(H,23,25)(H,24,26). The molecule has 7 nitrogen and oxygen atoms in total. The molecule has 0 fully saturated rings. The minimum atomic E-state index is -0.532. The first-order chi connectivity index (χ1) is 12.4. The van der Waals surface area contributed by atoms with E-state index in [1.165, 1.54) is 12.4 Å². The van der Waals surface area contributed by atoms with Crippen molar-refractivity contribution in [2.45, 2.75) is 32.2 Å². The summed E-state index contributed by atoms with van der Waals surface area (Å²) in [4.78, 5) is 33.0. The molecule has 2 aromatic rings. The van der Waals surface area contributed by atoms with Gasteiger partial charge in [-0.25, -0.2) is 9.97 Å². The van der Waals surface area contributed by atoms with E-state index in [0.717, 1.165) is 0 Å². The van der Waals surface area contributed by atoms with Crippen molar-refractivity contribution in [3.8, 4) is 0 Å². The highest BCUT2D eigenvalue weighted by Gasteiger charge is 2.24. The third-order valence-electron chi connectivity index (χ3n) is 4.24. The van der Waals surface area contributed by atoms with Crippen molar-refractivity contribution in [1.82, 2.24) is 15.3 Å². The van der Waals surface area contributed by atoms with Gasteiger partial charge in [0.2, 0.25) is 0 Å². The van der Waals surface area contributed by atoms with E-state index in [0.29, 0.717) is 23.6 Å². The molecule has 0 aliphatic heterocycles. The third kappa shape index (κ3) is 5.00. The predicted molar refractivity (Wildman–Crippen MR) is 101 cm³/mol. The zero-order valence-electron chi connectivity index (χ0n) is 14.8. The van der Waals surface area contributed by atoms with Gasteiger partial charge in [-0.1, -0.05) is 25.4 Å². The Morgan fingerprint density at radius 2 is 1.58 bits per heavy atom. The van der Waals surface area contributed by atoms with Gasteiger partial charge < -0.3 is 16.4 Å². The lowest BCUT2D eigenvalue weighted by Gasteiger charge is -2.26. The summed E-state index contributed by atoms with van der Waals surface area (Å²) in [5.74, 6) is -1.02. The number of anilines is 1. The van der Waals surface area contributed by atoms with Crippen molar-refractivity contribution in [1.29, 1.82) is 0 Å². The van der Waals surface area contributed by atoms with Gasteiger partial charge in [0.05, 0.1) is 0 Å². The van der Waals surface area contributed by atoms with Gasteiger partial charge in [0.1, 0.15) is 0 Å². The number of benzene rings is 1. The zero-order valence-corrected chi connectivity index (χ0v) is 15.5. The fraction of sp³-hybridized carbons (Fsp3) is 0.333. The van der Waals surface area contributed by atoms with Crippen LogP contribution >= 0.6 is 11.6 Å². The summed E-state index contributed by atoms with van der Waals surface area (Å²) < 4.78 is 0. The van der Waals surface area contributed by atoms with Gasteiger partial charge in [-0.3, -0.25) is 9.59 Å². The third-order valence-corrected chi connectivity index (χ3v) is 4.49. The van der Waals surface area contributed by atoms with Crippen LogP contribution in [0.4, 0.5) is 5.69 Å². The summed E-state index contributed by atoms with van der Waals surface area (Å²) in [6, 6.07) is 6.61. The van der Waals surface area contributed by atoms with Crippen LogP contribution in [-0.4, -0.2) is 33.9 Å². The summed E-state index contributed by atoms with van der Waals surface area (Å²) in [5, 5.41) is 5.97. The summed E-state index contributed by atoms with van der Waals surface area (Å²) >= 11 is 5.83. The molecule has 138 valence electrons. The van der Waals surface area contributed by atoms with Crippen molar-refractivity contribution >= 4 is 29.1 Å². The van der Waals surface area contributed by atoms with Gasteiger partial charge in [-0.05, 0) is 37.1 Å². The average Bonchev–Trinajstić information content (AvgIpc) is 2.67. The molecule has 0 aliphatic rings. The Balaban J connectivity index is 2.14. The molecule has 0 saturated carbocycles. The molecule has 0 atom stereocenters. The molecule has 0 unspecified atom stereocenters. The lowest BCUT2D eigenvalue weighted by Crippen LogP contribution is -2.49. The molecule has 8 heteroatoms. The maximum absolute atomic E-state index is 12.5. The van der Waals surface area contributed by atoms with Crippen LogP contribution in [0.3, 0.4) is 0 Å². The number of amides is 2. The van der Waals surface area contributed by atoms with Crippen LogP contribution in [0.5, 0.6) is 0 Å². The van der Waals surface area contributed by atoms with E-state index in [1.807, 2.05) is 13.8 Å².